The van der Waals surface area contributed by atoms with Crippen LogP contribution in [-0.2, 0) is 0 Å². The van der Waals surface area contributed by atoms with E-state index in [1.165, 1.54) is 44.2 Å². The zero-order chi connectivity index (χ0) is 23.2. The Balaban J connectivity index is 0.000000605. The van der Waals surface area contributed by atoms with Crippen LogP contribution in [0.5, 0.6) is 0 Å². The molecule has 0 aromatic heterocycles. The minimum atomic E-state index is 0.599. The Kier molecular flexibility index (Phi) is 13.1. The van der Waals surface area contributed by atoms with E-state index in [4.69, 9.17) is 11.6 Å². The van der Waals surface area contributed by atoms with Crippen LogP contribution >= 0.6 is 11.6 Å². The van der Waals surface area contributed by atoms with E-state index in [-0.39, 0.29) is 0 Å². The van der Waals surface area contributed by atoms with Crippen LogP contribution in [0.1, 0.15) is 58.8 Å². The van der Waals surface area contributed by atoms with Crippen LogP contribution in [0.4, 0.5) is 0 Å². The molecule has 0 aromatic rings. The normalized spacial score (nSPS) is 23.3. The van der Waals surface area contributed by atoms with Gasteiger partial charge in [0.2, 0.25) is 0 Å². The molecule has 1 saturated carbocycles. The van der Waals surface area contributed by atoms with E-state index in [1.807, 2.05) is 7.05 Å². The SMILES string of the molecule is C#C.C=C(CC1CN(C2=C(Cl)C(=C)NN=C2)CC1C)NC1CCCCC1.CCCNC. The Morgan fingerprint density at radius 3 is 2.55 bits per heavy atom. The number of allylic oxidation sites excluding steroid dienone is 3. The highest BCUT2D eigenvalue weighted by Crippen LogP contribution is 2.33. The third-order valence-corrected chi connectivity index (χ3v) is 6.43. The van der Waals surface area contributed by atoms with E-state index >= 15 is 0 Å². The molecule has 5 nitrogen and oxygen atoms in total. The summed E-state index contributed by atoms with van der Waals surface area (Å²) in [4.78, 5) is 2.33. The van der Waals surface area contributed by atoms with Gasteiger partial charge in [-0.2, -0.15) is 5.10 Å². The zero-order valence-electron chi connectivity index (χ0n) is 19.7. The molecule has 31 heavy (non-hydrogen) atoms. The lowest BCUT2D eigenvalue weighted by atomic mass is 9.92. The number of hydrogen-bond donors (Lipinski definition) is 3. The van der Waals surface area contributed by atoms with Gasteiger partial charge in [-0.05, 0) is 51.1 Å². The number of hydrazone groups is 1. The Labute approximate surface area is 195 Å². The predicted octanol–water partition coefficient (Wildman–Crippen LogP) is 4.80. The fourth-order valence-electron chi connectivity index (χ4n) is 4.31. The minimum absolute atomic E-state index is 0.599. The maximum atomic E-state index is 6.40. The highest BCUT2D eigenvalue weighted by Gasteiger charge is 2.32. The van der Waals surface area contributed by atoms with E-state index < -0.39 is 0 Å². The molecular formula is C25H42ClN5. The van der Waals surface area contributed by atoms with Crippen molar-refractivity contribution in [2.75, 3.05) is 26.7 Å². The van der Waals surface area contributed by atoms with Gasteiger partial charge in [-0.3, -0.25) is 5.43 Å². The molecule has 6 heteroatoms. The second kappa shape index (κ2) is 15.0. The monoisotopic (exact) mass is 447 g/mol. The van der Waals surface area contributed by atoms with Crippen molar-refractivity contribution >= 4 is 17.8 Å². The molecule has 1 aliphatic carbocycles. The van der Waals surface area contributed by atoms with Crippen LogP contribution in [0, 0.1) is 24.7 Å². The standard InChI is InChI=1S/C19H29ClN4.C4H11N.C2H2/c1-13-11-24(18-10-21-23-15(3)19(18)20)12-16(13)9-14(2)22-17-7-5-4-6-8-17;1-3-4-5-2;1-2/h10,13,16-17,22-23H,2-9,11-12H2,1H3;5H,3-4H2,1-2H3;1-2H. The fraction of sp³-hybridized carbons (Fsp3) is 0.640. The molecule has 3 N–H and O–H groups in total. The van der Waals surface area contributed by atoms with E-state index in [0.717, 1.165) is 31.8 Å². The van der Waals surface area contributed by atoms with Crippen LogP contribution in [0.2, 0.25) is 0 Å². The molecule has 2 aliphatic heterocycles. The van der Waals surface area contributed by atoms with Crippen molar-refractivity contribution in [1.82, 2.24) is 21.0 Å². The first-order valence-corrected chi connectivity index (χ1v) is 11.9. The molecule has 0 radical (unpaired) electrons. The molecule has 1 saturated heterocycles. The van der Waals surface area contributed by atoms with Crippen molar-refractivity contribution in [2.24, 2.45) is 16.9 Å². The summed E-state index contributed by atoms with van der Waals surface area (Å²) < 4.78 is 0. The van der Waals surface area contributed by atoms with Crippen molar-refractivity contribution in [1.29, 1.82) is 0 Å². The van der Waals surface area contributed by atoms with Gasteiger partial charge in [0.15, 0.2) is 0 Å². The van der Waals surface area contributed by atoms with Gasteiger partial charge in [0.05, 0.1) is 22.6 Å². The van der Waals surface area contributed by atoms with E-state index in [0.29, 0.717) is 28.6 Å². The molecule has 3 aliphatic rings. The van der Waals surface area contributed by atoms with Crippen molar-refractivity contribution in [2.45, 2.75) is 64.8 Å². The fourth-order valence-corrected chi connectivity index (χ4v) is 4.52. The molecule has 0 aromatic carbocycles. The van der Waals surface area contributed by atoms with Gasteiger partial charge in [0, 0.05) is 24.8 Å². The first-order valence-electron chi connectivity index (χ1n) is 11.5. The number of rotatable bonds is 7. The lowest BCUT2D eigenvalue weighted by Crippen LogP contribution is -2.31. The number of nitrogens with one attached hydrogen (secondary N) is 3. The average Bonchev–Trinajstić information content (AvgIpc) is 3.13. The number of halogens is 1. The summed E-state index contributed by atoms with van der Waals surface area (Å²) >= 11 is 6.40. The predicted molar refractivity (Wildman–Crippen MR) is 136 cm³/mol. The molecule has 2 atom stereocenters. The highest BCUT2D eigenvalue weighted by atomic mass is 35.5. The van der Waals surface area contributed by atoms with Crippen LogP contribution in [0.3, 0.4) is 0 Å². The van der Waals surface area contributed by atoms with Crippen LogP contribution < -0.4 is 16.1 Å². The summed E-state index contributed by atoms with van der Waals surface area (Å²) in [5.74, 6) is 1.21. The molecule has 2 unspecified atom stereocenters. The third-order valence-electron chi connectivity index (χ3n) is 6.01. The maximum Gasteiger partial charge on any atom is 0.0900 e. The molecule has 2 heterocycles. The van der Waals surface area contributed by atoms with Crippen LogP contribution in [0.25, 0.3) is 0 Å². The smallest absolute Gasteiger partial charge is 0.0900 e. The van der Waals surface area contributed by atoms with Gasteiger partial charge in [-0.1, -0.05) is 57.9 Å². The average molecular weight is 448 g/mol. The summed E-state index contributed by atoms with van der Waals surface area (Å²) in [5, 5.41) is 11.5. The summed E-state index contributed by atoms with van der Waals surface area (Å²) in [6, 6.07) is 0.635. The number of hydrogen-bond acceptors (Lipinski definition) is 5. The minimum Gasteiger partial charge on any atom is -0.386 e. The number of nitrogens with zero attached hydrogens (tertiary/aromatic N) is 2. The van der Waals surface area contributed by atoms with Gasteiger partial charge < -0.3 is 15.5 Å². The molecule has 174 valence electrons. The molecule has 2 fully saturated rings. The quantitative estimate of drug-likeness (QED) is 0.490. The highest BCUT2D eigenvalue weighted by molar-refractivity contribution is 6.33. The Morgan fingerprint density at radius 2 is 1.97 bits per heavy atom. The van der Waals surface area contributed by atoms with Gasteiger partial charge in [0.1, 0.15) is 0 Å². The summed E-state index contributed by atoms with van der Waals surface area (Å²) in [6.45, 7) is 15.8. The van der Waals surface area contributed by atoms with Crippen molar-refractivity contribution in [3.63, 3.8) is 0 Å². The van der Waals surface area contributed by atoms with Gasteiger partial charge in [0.25, 0.3) is 0 Å². The summed E-state index contributed by atoms with van der Waals surface area (Å²) in [6.07, 6.45) is 18.7. The maximum absolute atomic E-state index is 6.40. The van der Waals surface area contributed by atoms with Gasteiger partial charge >= 0.3 is 0 Å². The van der Waals surface area contributed by atoms with Crippen molar-refractivity contribution in [3.8, 4) is 12.8 Å². The zero-order valence-corrected chi connectivity index (χ0v) is 20.5. The van der Waals surface area contributed by atoms with Gasteiger partial charge in [-0.15, -0.1) is 12.8 Å². The lowest BCUT2D eigenvalue weighted by molar-refractivity contribution is 0.372. The van der Waals surface area contributed by atoms with E-state index in [9.17, 15) is 0 Å². The summed E-state index contributed by atoms with van der Waals surface area (Å²) in [5.41, 5.74) is 5.68. The topological polar surface area (TPSA) is 51.7 Å². The van der Waals surface area contributed by atoms with E-state index in [1.54, 1.807) is 6.21 Å². The first kappa shape index (κ1) is 27.1. The Bertz CT molecular complexity index is 644. The van der Waals surface area contributed by atoms with Crippen molar-refractivity contribution < 1.29 is 0 Å². The molecule has 3 rings (SSSR count). The Hall–Kier alpha value is -1.90. The number of likely N-dealkylation sites (tertiary alicyclic amines) is 1. The summed E-state index contributed by atoms with van der Waals surface area (Å²) in [7, 11) is 1.96. The largest absolute Gasteiger partial charge is 0.386 e. The van der Waals surface area contributed by atoms with Crippen molar-refractivity contribution in [3.05, 3.63) is 35.3 Å². The Morgan fingerprint density at radius 1 is 1.29 bits per heavy atom. The first-order chi connectivity index (χ1) is 15.0. The van der Waals surface area contributed by atoms with Crippen LogP contribution in [-0.4, -0.2) is 43.8 Å². The third kappa shape index (κ3) is 9.01. The lowest BCUT2D eigenvalue weighted by Gasteiger charge is -2.27. The molecular weight excluding hydrogens is 406 g/mol. The van der Waals surface area contributed by atoms with E-state index in [2.05, 4.69) is 65.9 Å². The number of terminal acetylenes is 1. The molecule has 0 spiro atoms. The second-order valence-electron chi connectivity index (χ2n) is 8.58. The second-order valence-corrected chi connectivity index (χ2v) is 8.96. The molecule has 0 amide bonds. The van der Waals surface area contributed by atoms with Crippen LogP contribution in [0.15, 0.2) is 40.4 Å². The molecule has 0 bridgehead atoms. The van der Waals surface area contributed by atoms with Gasteiger partial charge in [-0.25, -0.2) is 0 Å².